The van der Waals surface area contributed by atoms with Crippen molar-refractivity contribution in [1.82, 2.24) is 4.90 Å². The Bertz CT molecular complexity index is 349. The van der Waals surface area contributed by atoms with Gasteiger partial charge in [-0.05, 0) is 39.5 Å². The monoisotopic (exact) mass is 325 g/mol. The highest BCUT2D eigenvalue weighted by Gasteiger charge is 2.43. The quantitative estimate of drug-likeness (QED) is 0.749. The second-order valence-electron chi connectivity index (χ2n) is 4.52. The van der Waals surface area contributed by atoms with Gasteiger partial charge in [0.15, 0.2) is 0 Å². The molecule has 1 rings (SSSR count). The average Bonchev–Trinajstić information content (AvgIpc) is 2.29. The van der Waals surface area contributed by atoms with Gasteiger partial charge in [-0.3, -0.25) is 19.3 Å². The maximum absolute atomic E-state index is 11.1. The van der Waals surface area contributed by atoms with Crippen molar-refractivity contribution in [1.29, 1.82) is 0 Å². The third-order valence-corrected chi connectivity index (χ3v) is 3.42. The molecule has 0 aromatic carbocycles. The van der Waals surface area contributed by atoms with Crippen LogP contribution in [0.1, 0.15) is 27.7 Å². The van der Waals surface area contributed by atoms with Gasteiger partial charge in [0.25, 0.3) is 5.24 Å². The van der Waals surface area contributed by atoms with E-state index < -0.39 is 15.0 Å². The molecule has 0 spiro atoms. The van der Waals surface area contributed by atoms with Crippen molar-refractivity contribution in [2.75, 3.05) is 7.05 Å². The minimum absolute atomic E-state index is 0.109. The molecule has 0 aromatic heterocycles. The molecule has 0 bridgehead atoms. The fourth-order valence-electron chi connectivity index (χ4n) is 0.817. The third kappa shape index (κ3) is 4.67. The predicted molar refractivity (Wildman–Crippen MR) is 70.5 cm³/mol. The van der Waals surface area contributed by atoms with E-state index in [0.29, 0.717) is 0 Å². The lowest BCUT2D eigenvalue weighted by Gasteiger charge is -2.11. The molecule has 17 heavy (non-hydrogen) atoms. The molecule has 1 aliphatic rings. The maximum Gasteiger partial charge on any atom is 0.319 e. The predicted octanol–water partition coefficient (Wildman–Crippen LogP) is 2.33. The van der Waals surface area contributed by atoms with E-state index in [-0.39, 0.29) is 11.1 Å². The van der Waals surface area contributed by atoms with Crippen LogP contribution >= 0.6 is 27.7 Å². The highest BCUT2D eigenvalue weighted by molar-refractivity contribution is 9.10. The van der Waals surface area contributed by atoms with E-state index in [4.69, 9.17) is 5.11 Å². The fourth-order valence-corrected chi connectivity index (χ4v) is 1.70. The number of aliphatic carboxylic acids is 1. The van der Waals surface area contributed by atoms with Crippen LogP contribution in [0.4, 0.5) is 4.79 Å². The second kappa shape index (κ2) is 5.39. The minimum atomic E-state index is -0.840. The van der Waals surface area contributed by atoms with Crippen LogP contribution in [-0.2, 0) is 9.59 Å². The van der Waals surface area contributed by atoms with Crippen molar-refractivity contribution in [2.45, 2.75) is 36.8 Å². The Balaban J connectivity index is 0.000000325. The van der Waals surface area contributed by atoms with Gasteiger partial charge in [-0.25, -0.2) is 0 Å². The number of thioether (sulfide) groups is 1. The third-order valence-electron chi connectivity index (χ3n) is 1.94. The highest BCUT2D eigenvalue weighted by Crippen LogP contribution is 2.35. The first-order valence-electron chi connectivity index (χ1n) is 4.83. The molecule has 0 saturated carbocycles. The zero-order chi connectivity index (χ0) is 14.0. The first kappa shape index (κ1) is 16.4. The average molecular weight is 326 g/mol. The number of carboxylic acid groups (broad SMARTS) is 1. The van der Waals surface area contributed by atoms with Crippen molar-refractivity contribution in [3.05, 3.63) is 0 Å². The summed E-state index contributed by atoms with van der Waals surface area (Å²) < 4.78 is -1.32. The van der Waals surface area contributed by atoms with E-state index in [1.54, 1.807) is 27.7 Å². The summed E-state index contributed by atoms with van der Waals surface area (Å²) in [5.41, 5.74) is 0. The molecule has 5 nitrogen and oxygen atoms in total. The summed E-state index contributed by atoms with van der Waals surface area (Å²) in [6.45, 7) is 6.66. The number of carboxylic acids is 1. The Hall–Kier alpha value is -0.560. The normalized spacial score (nSPS) is 18.8. The second-order valence-corrected chi connectivity index (χ2v) is 8.08. The first-order chi connectivity index (χ1) is 7.39. The van der Waals surface area contributed by atoms with Gasteiger partial charge >= 0.3 is 5.97 Å². The van der Waals surface area contributed by atoms with Crippen molar-refractivity contribution in [2.24, 2.45) is 0 Å². The van der Waals surface area contributed by atoms with Crippen molar-refractivity contribution in [3.8, 4) is 0 Å². The summed E-state index contributed by atoms with van der Waals surface area (Å²) in [7, 11) is 1.51. The molecule has 7 heteroatoms. The topological polar surface area (TPSA) is 74.7 Å². The van der Waals surface area contributed by atoms with Crippen LogP contribution in [0.15, 0.2) is 0 Å². The lowest BCUT2D eigenvalue weighted by molar-refractivity contribution is -0.138. The van der Waals surface area contributed by atoms with Crippen LogP contribution in [0.5, 0.6) is 0 Å². The molecule has 1 heterocycles. The van der Waals surface area contributed by atoms with Crippen LogP contribution < -0.4 is 0 Å². The zero-order valence-electron chi connectivity index (χ0n) is 10.4. The maximum atomic E-state index is 11.1. The first-order valence-corrected chi connectivity index (χ1v) is 6.44. The summed E-state index contributed by atoms with van der Waals surface area (Å²) in [5, 5.41) is 8.05. The number of amides is 2. The van der Waals surface area contributed by atoms with Gasteiger partial charge in [-0.2, -0.15) is 0 Å². The number of carbonyl (C=O) groups is 3. The van der Waals surface area contributed by atoms with Gasteiger partial charge < -0.3 is 5.11 Å². The van der Waals surface area contributed by atoms with Gasteiger partial charge in [-0.1, -0.05) is 15.9 Å². The molecule has 0 radical (unpaired) electrons. The van der Waals surface area contributed by atoms with E-state index in [2.05, 4.69) is 15.9 Å². The number of hydrogen-bond acceptors (Lipinski definition) is 4. The fraction of sp³-hybridized carbons (Fsp3) is 0.700. The Morgan fingerprint density at radius 1 is 1.41 bits per heavy atom. The van der Waals surface area contributed by atoms with E-state index >= 15 is 0 Å². The van der Waals surface area contributed by atoms with E-state index in [1.165, 1.54) is 7.05 Å². The van der Waals surface area contributed by atoms with E-state index in [0.717, 1.165) is 16.7 Å². The molecular weight excluding hydrogens is 310 g/mol. The zero-order valence-corrected chi connectivity index (χ0v) is 12.8. The number of imide groups is 1. The number of alkyl halides is 1. The van der Waals surface area contributed by atoms with Gasteiger partial charge in [0, 0.05) is 7.05 Å². The SMILES string of the molecule is CC(C)(Br)C(=O)O.CN1C(=O)SC(C)(C)C1=O. The van der Waals surface area contributed by atoms with Gasteiger partial charge in [0.2, 0.25) is 5.91 Å². The molecule has 0 aliphatic carbocycles. The number of carbonyl (C=O) groups excluding carboxylic acids is 2. The Labute approximate surface area is 113 Å². The molecule has 1 fully saturated rings. The van der Waals surface area contributed by atoms with Crippen LogP contribution in [0.3, 0.4) is 0 Å². The van der Waals surface area contributed by atoms with E-state index in [1.807, 2.05) is 0 Å². The molecule has 0 unspecified atom stereocenters. The molecule has 1 N–H and O–H groups in total. The Morgan fingerprint density at radius 3 is 1.82 bits per heavy atom. The highest BCUT2D eigenvalue weighted by atomic mass is 79.9. The Morgan fingerprint density at radius 2 is 1.76 bits per heavy atom. The molecule has 98 valence electrons. The molecule has 1 saturated heterocycles. The van der Waals surface area contributed by atoms with Gasteiger partial charge in [0.05, 0.1) is 4.75 Å². The minimum Gasteiger partial charge on any atom is -0.480 e. The smallest absolute Gasteiger partial charge is 0.319 e. The summed E-state index contributed by atoms with van der Waals surface area (Å²) in [6.07, 6.45) is 0. The number of nitrogens with zero attached hydrogens (tertiary/aromatic N) is 1. The standard InChI is InChI=1S/C6H9NO2S.C4H7BrO2/c1-6(2)4(8)7(3)5(9)10-6;1-4(2,5)3(6)7/h1-3H3;1-2H3,(H,6,7). The van der Waals surface area contributed by atoms with Crippen molar-refractivity contribution >= 4 is 44.8 Å². The Kier molecular flexibility index (Phi) is 5.21. The molecule has 0 aromatic rings. The summed E-state index contributed by atoms with van der Waals surface area (Å²) in [4.78, 5) is 33.1. The molecule has 1 aliphatic heterocycles. The van der Waals surface area contributed by atoms with Gasteiger partial charge in [0.1, 0.15) is 4.32 Å². The number of hydrogen-bond donors (Lipinski definition) is 1. The van der Waals surface area contributed by atoms with Crippen LogP contribution in [0.25, 0.3) is 0 Å². The van der Waals surface area contributed by atoms with Crippen molar-refractivity contribution < 1.29 is 19.5 Å². The molecular formula is C10H16BrNO4S. The lowest BCUT2D eigenvalue weighted by atomic mass is 10.2. The van der Waals surface area contributed by atoms with E-state index in [9.17, 15) is 14.4 Å². The van der Waals surface area contributed by atoms with Crippen LogP contribution in [0.2, 0.25) is 0 Å². The lowest BCUT2D eigenvalue weighted by Crippen LogP contribution is -2.32. The summed E-state index contributed by atoms with van der Waals surface area (Å²) in [6, 6.07) is 0. The molecule has 0 atom stereocenters. The van der Waals surface area contributed by atoms with Crippen LogP contribution in [-0.4, -0.2) is 43.2 Å². The van der Waals surface area contributed by atoms with Crippen LogP contribution in [0, 0.1) is 0 Å². The summed E-state index contributed by atoms with van der Waals surface area (Å²) in [5.74, 6) is -0.949. The number of rotatable bonds is 1. The largest absolute Gasteiger partial charge is 0.480 e. The van der Waals surface area contributed by atoms with Crippen molar-refractivity contribution in [3.63, 3.8) is 0 Å². The van der Waals surface area contributed by atoms with Gasteiger partial charge in [-0.15, -0.1) is 0 Å². The number of halogens is 1. The molecule has 2 amide bonds. The summed E-state index contributed by atoms with van der Waals surface area (Å²) >= 11 is 4.02.